The van der Waals surface area contributed by atoms with Crippen molar-refractivity contribution in [3.63, 3.8) is 0 Å². The van der Waals surface area contributed by atoms with Crippen LogP contribution in [0.4, 0.5) is 5.13 Å². The third-order valence-corrected chi connectivity index (χ3v) is 7.07. The molecule has 4 aromatic rings. The van der Waals surface area contributed by atoms with E-state index in [0.717, 1.165) is 26.4 Å². The van der Waals surface area contributed by atoms with Crippen LogP contribution in [0.2, 0.25) is 0 Å². The van der Waals surface area contributed by atoms with Gasteiger partial charge in [0.2, 0.25) is 0 Å². The normalized spacial score (nSPS) is 11.8. The first-order valence-corrected chi connectivity index (χ1v) is 9.62. The van der Waals surface area contributed by atoms with Crippen molar-refractivity contribution >= 4 is 48.0 Å². The van der Waals surface area contributed by atoms with Gasteiger partial charge in [-0.15, -0.1) is 11.3 Å². The van der Waals surface area contributed by atoms with Gasteiger partial charge in [0.05, 0.1) is 15.1 Å². The van der Waals surface area contributed by atoms with E-state index in [1.54, 1.807) is 18.2 Å². The SMILES string of the molecule is O=S(=O)(Nc1nc2ccccc2s1)c1ccc(-c2ccon2)s1. The largest absolute Gasteiger partial charge is 0.364 e. The monoisotopic (exact) mass is 363 g/mol. The smallest absolute Gasteiger partial charge is 0.273 e. The lowest BCUT2D eigenvalue weighted by Crippen LogP contribution is -2.10. The number of para-hydroxylation sites is 1. The molecule has 3 heterocycles. The highest BCUT2D eigenvalue weighted by molar-refractivity contribution is 7.95. The van der Waals surface area contributed by atoms with Gasteiger partial charge in [0.15, 0.2) is 5.13 Å². The number of nitrogens with one attached hydrogen (secondary N) is 1. The van der Waals surface area contributed by atoms with Gasteiger partial charge >= 0.3 is 0 Å². The maximum absolute atomic E-state index is 12.5. The van der Waals surface area contributed by atoms with Gasteiger partial charge in [-0.25, -0.2) is 13.4 Å². The van der Waals surface area contributed by atoms with Gasteiger partial charge in [-0.05, 0) is 24.3 Å². The minimum atomic E-state index is -3.67. The Labute approximate surface area is 139 Å². The maximum Gasteiger partial charge on any atom is 0.273 e. The fourth-order valence-corrected chi connectivity index (χ4v) is 5.39. The van der Waals surface area contributed by atoms with Crippen LogP contribution in [-0.4, -0.2) is 18.6 Å². The van der Waals surface area contributed by atoms with Crippen LogP contribution in [-0.2, 0) is 10.0 Å². The zero-order valence-electron chi connectivity index (χ0n) is 11.5. The molecule has 23 heavy (non-hydrogen) atoms. The molecule has 0 spiro atoms. The summed E-state index contributed by atoms with van der Waals surface area (Å²) in [5.74, 6) is 0. The first kappa shape index (κ1) is 14.4. The molecule has 0 bridgehead atoms. The maximum atomic E-state index is 12.5. The van der Waals surface area contributed by atoms with Gasteiger partial charge in [-0.3, -0.25) is 4.72 Å². The first-order chi connectivity index (χ1) is 11.1. The molecule has 0 radical (unpaired) electrons. The van der Waals surface area contributed by atoms with E-state index in [-0.39, 0.29) is 4.21 Å². The number of thiophene rings is 1. The quantitative estimate of drug-likeness (QED) is 0.596. The van der Waals surface area contributed by atoms with Gasteiger partial charge < -0.3 is 4.52 Å². The van der Waals surface area contributed by atoms with Crippen LogP contribution in [0.3, 0.4) is 0 Å². The highest BCUT2D eigenvalue weighted by Crippen LogP contribution is 2.32. The Hall–Kier alpha value is -2.23. The molecule has 0 aliphatic rings. The van der Waals surface area contributed by atoms with Crippen LogP contribution in [0.15, 0.2) is 57.5 Å². The molecule has 0 saturated heterocycles. The molecule has 4 rings (SSSR count). The van der Waals surface area contributed by atoms with Gasteiger partial charge in [0.1, 0.15) is 16.2 Å². The van der Waals surface area contributed by atoms with Gasteiger partial charge in [0.25, 0.3) is 10.0 Å². The fraction of sp³-hybridized carbons (Fsp3) is 0. The summed E-state index contributed by atoms with van der Waals surface area (Å²) in [6, 6.07) is 12.4. The number of anilines is 1. The first-order valence-electron chi connectivity index (χ1n) is 6.51. The minimum absolute atomic E-state index is 0.203. The molecule has 0 saturated carbocycles. The number of benzene rings is 1. The Balaban J connectivity index is 1.65. The van der Waals surface area contributed by atoms with Crippen LogP contribution >= 0.6 is 22.7 Å². The van der Waals surface area contributed by atoms with Crippen LogP contribution in [0.1, 0.15) is 0 Å². The predicted molar refractivity (Wildman–Crippen MR) is 90.2 cm³/mol. The third kappa shape index (κ3) is 2.74. The minimum Gasteiger partial charge on any atom is -0.364 e. The van der Waals surface area contributed by atoms with E-state index in [9.17, 15) is 8.42 Å². The van der Waals surface area contributed by atoms with Crippen molar-refractivity contribution in [3.8, 4) is 10.6 Å². The zero-order valence-corrected chi connectivity index (χ0v) is 13.9. The molecule has 116 valence electrons. The number of fused-ring (bicyclic) bond motifs is 1. The topological polar surface area (TPSA) is 85.1 Å². The Bertz CT molecular complexity index is 1030. The number of hydrogen-bond acceptors (Lipinski definition) is 7. The summed E-state index contributed by atoms with van der Waals surface area (Å²) in [5.41, 5.74) is 1.38. The van der Waals surface area contributed by atoms with Crippen molar-refractivity contribution in [2.24, 2.45) is 0 Å². The van der Waals surface area contributed by atoms with Crippen molar-refractivity contribution in [2.45, 2.75) is 4.21 Å². The van der Waals surface area contributed by atoms with E-state index in [1.807, 2.05) is 24.3 Å². The molecule has 0 aliphatic heterocycles. The van der Waals surface area contributed by atoms with E-state index >= 15 is 0 Å². The van der Waals surface area contributed by atoms with Crippen molar-refractivity contribution in [1.82, 2.24) is 10.1 Å². The van der Waals surface area contributed by atoms with Crippen LogP contribution < -0.4 is 4.72 Å². The number of hydrogen-bond donors (Lipinski definition) is 1. The van der Waals surface area contributed by atoms with Crippen molar-refractivity contribution in [1.29, 1.82) is 0 Å². The lowest BCUT2D eigenvalue weighted by Gasteiger charge is -2.01. The second-order valence-electron chi connectivity index (χ2n) is 4.60. The number of nitrogens with zero attached hydrogens (tertiary/aromatic N) is 2. The molecule has 3 aromatic heterocycles. The standard InChI is InChI=1S/C14H9N3O3S3/c18-23(19,13-6-5-12(21-13)10-7-8-20-16-10)17-14-15-9-3-1-2-4-11(9)22-14/h1-8H,(H,15,17). The Morgan fingerprint density at radius 3 is 2.70 bits per heavy atom. The third-order valence-electron chi connectivity index (χ3n) is 3.05. The Morgan fingerprint density at radius 1 is 1.04 bits per heavy atom. The highest BCUT2D eigenvalue weighted by Gasteiger charge is 2.20. The van der Waals surface area contributed by atoms with Crippen molar-refractivity contribution in [3.05, 3.63) is 48.7 Å². The van der Waals surface area contributed by atoms with E-state index < -0.39 is 10.0 Å². The summed E-state index contributed by atoms with van der Waals surface area (Å²) < 4.78 is 33.4. The summed E-state index contributed by atoms with van der Waals surface area (Å²) in [4.78, 5) is 5.01. The number of rotatable bonds is 4. The molecule has 9 heteroatoms. The summed E-state index contributed by atoms with van der Waals surface area (Å²) in [6.07, 6.45) is 1.45. The summed E-state index contributed by atoms with van der Waals surface area (Å²) in [6.45, 7) is 0. The Kier molecular flexibility index (Phi) is 3.40. The molecular formula is C14H9N3O3S3. The summed E-state index contributed by atoms with van der Waals surface area (Å²) in [5, 5.41) is 4.15. The van der Waals surface area contributed by atoms with Crippen LogP contribution in [0.25, 0.3) is 20.8 Å². The second kappa shape index (κ2) is 5.44. The highest BCUT2D eigenvalue weighted by atomic mass is 32.2. The summed E-state index contributed by atoms with van der Waals surface area (Å²) in [7, 11) is -3.67. The van der Waals surface area contributed by atoms with E-state index in [1.165, 1.54) is 17.6 Å². The zero-order chi connectivity index (χ0) is 15.9. The van der Waals surface area contributed by atoms with E-state index in [4.69, 9.17) is 4.52 Å². The fourth-order valence-electron chi connectivity index (χ4n) is 2.02. The Morgan fingerprint density at radius 2 is 1.91 bits per heavy atom. The lowest BCUT2D eigenvalue weighted by atomic mass is 10.3. The number of aromatic nitrogens is 2. The van der Waals surface area contributed by atoms with E-state index in [0.29, 0.717) is 10.8 Å². The molecule has 0 aliphatic carbocycles. The van der Waals surface area contributed by atoms with Crippen molar-refractivity contribution < 1.29 is 12.9 Å². The average molecular weight is 363 g/mol. The summed E-state index contributed by atoms with van der Waals surface area (Å²) >= 11 is 2.43. The average Bonchev–Trinajstić information content (AvgIpc) is 3.25. The lowest BCUT2D eigenvalue weighted by molar-refractivity contribution is 0.422. The molecule has 0 atom stereocenters. The van der Waals surface area contributed by atoms with Crippen LogP contribution in [0, 0.1) is 0 Å². The molecule has 1 aromatic carbocycles. The predicted octanol–water partition coefficient (Wildman–Crippen LogP) is 3.81. The van der Waals surface area contributed by atoms with Gasteiger partial charge in [-0.2, -0.15) is 0 Å². The molecule has 0 fully saturated rings. The van der Waals surface area contributed by atoms with Crippen LogP contribution in [0.5, 0.6) is 0 Å². The molecule has 0 amide bonds. The molecule has 1 N–H and O–H groups in total. The number of sulfonamides is 1. The number of thiazole rings is 1. The molecule has 6 nitrogen and oxygen atoms in total. The second-order valence-corrected chi connectivity index (χ2v) is 8.62. The van der Waals surface area contributed by atoms with E-state index in [2.05, 4.69) is 14.9 Å². The molecule has 0 unspecified atom stereocenters. The van der Waals surface area contributed by atoms with Gasteiger partial charge in [-0.1, -0.05) is 28.6 Å². The molecular weight excluding hydrogens is 354 g/mol. The van der Waals surface area contributed by atoms with Gasteiger partial charge in [0, 0.05) is 6.07 Å². The van der Waals surface area contributed by atoms with Crippen molar-refractivity contribution in [2.75, 3.05) is 4.72 Å².